The summed E-state index contributed by atoms with van der Waals surface area (Å²) in [7, 11) is 0. The Morgan fingerprint density at radius 2 is 2.11 bits per heavy atom. The molecule has 0 amide bonds. The van der Waals surface area contributed by atoms with Gasteiger partial charge in [0, 0.05) is 26.0 Å². The van der Waals surface area contributed by atoms with Gasteiger partial charge >= 0.3 is 0 Å². The van der Waals surface area contributed by atoms with E-state index >= 15 is 0 Å². The Bertz CT molecular complexity index is 379. The molecule has 0 N–H and O–H groups in total. The molecule has 0 bridgehead atoms. The van der Waals surface area contributed by atoms with Gasteiger partial charge in [-0.1, -0.05) is 5.16 Å². The van der Waals surface area contributed by atoms with Crippen LogP contribution in [0.1, 0.15) is 36.9 Å². The molecule has 2 aliphatic rings. The van der Waals surface area contributed by atoms with Crippen LogP contribution in [0.15, 0.2) is 4.52 Å². The molecule has 3 heterocycles. The van der Waals surface area contributed by atoms with Crippen molar-refractivity contribution in [1.82, 2.24) is 15.0 Å². The molecule has 1 aromatic rings. The molecule has 5 heteroatoms. The molecule has 0 aromatic carbocycles. The van der Waals surface area contributed by atoms with Gasteiger partial charge in [0.1, 0.15) is 0 Å². The third-order valence-electron chi connectivity index (χ3n) is 4.04. The number of aryl methyl sites for hydroxylation is 1. The van der Waals surface area contributed by atoms with Crippen LogP contribution in [0.25, 0.3) is 0 Å². The average molecular weight is 251 g/mol. The Morgan fingerprint density at radius 3 is 2.72 bits per heavy atom. The fourth-order valence-corrected chi connectivity index (χ4v) is 2.95. The van der Waals surface area contributed by atoms with Crippen LogP contribution >= 0.6 is 0 Å². The van der Waals surface area contributed by atoms with Crippen molar-refractivity contribution >= 4 is 0 Å². The first-order valence-electron chi connectivity index (χ1n) is 6.91. The topological polar surface area (TPSA) is 51.4 Å². The highest BCUT2D eigenvalue weighted by Crippen LogP contribution is 2.27. The van der Waals surface area contributed by atoms with Crippen molar-refractivity contribution < 1.29 is 9.26 Å². The van der Waals surface area contributed by atoms with Crippen molar-refractivity contribution in [3.63, 3.8) is 0 Å². The monoisotopic (exact) mass is 251 g/mol. The van der Waals surface area contributed by atoms with Crippen LogP contribution in [0.4, 0.5) is 0 Å². The van der Waals surface area contributed by atoms with E-state index in [0.29, 0.717) is 11.8 Å². The van der Waals surface area contributed by atoms with E-state index in [0.717, 1.165) is 50.9 Å². The van der Waals surface area contributed by atoms with Crippen molar-refractivity contribution in [1.29, 1.82) is 0 Å². The van der Waals surface area contributed by atoms with Gasteiger partial charge in [0.2, 0.25) is 5.89 Å². The highest BCUT2D eigenvalue weighted by molar-refractivity contribution is 4.97. The minimum atomic E-state index is 0.485. The van der Waals surface area contributed by atoms with E-state index in [4.69, 9.17) is 9.26 Å². The molecule has 18 heavy (non-hydrogen) atoms. The Balaban J connectivity index is 1.48. The van der Waals surface area contributed by atoms with Crippen LogP contribution in [-0.4, -0.2) is 47.9 Å². The van der Waals surface area contributed by atoms with Crippen molar-refractivity contribution in [3.8, 4) is 0 Å². The second-order valence-electron chi connectivity index (χ2n) is 5.48. The zero-order chi connectivity index (χ0) is 12.4. The van der Waals surface area contributed by atoms with Crippen LogP contribution in [0, 0.1) is 12.8 Å². The van der Waals surface area contributed by atoms with Gasteiger partial charge in [0.05, 0.1) is 6.61 Å². The molecule has 1 atom stereocenters. The zero-order valence-electron chi connectivity index (χ0n) is 11.0. The van der Waals surface area contributed by atoms with Crippen LogP contribution in [0.5, 0.6) is 0 Å². The highest BCUT2D eigenvalue weighted by Gasteiger charge is 2.26. The summed E-state index contributed by atoms with van der Waals surface area (Å²) in [5.74, 6) is 2.80. The Morgan fingerprint density at radius 1 is 1.28 bits per heavy atom. The largest absolute Gasteiger partial charge is 0.381 e. The summed E-state index contributed by atoms with van der Waals surface area (Å²) in [5.41, 5.74) is 0. The zero-order valence-corrected chi connectivity index (χ0v) is 11.0. The summed E-state index contributed by atoms with van der Waals surface area (Å²) in [6, 6.07) is 0. The molecule has 3 rings (SSSR count). The van der Waals surface area contributed by atoms with Gasteiger partial charge in [-0.25, -0.2) is 0 Å². The highest BCUT2D eigenvalue weighted by atomic mass is 16.5. The summed E-state index contributed by atoms with van der Waals surface area (Å²) in [4.78, 5) is 6.90. The van der Waals surface area contributed by atoms with Gasteiger partial charge in [-0.15, -0.1) is 0 Å². The fraction of sp³-hybridized carbons (Fsp3) is 0.846. The maximum absolute atomic E-state index is 5.43. The van der Waals surface area contributed by atoms with Gasteiger partial charge in [0.25, 0.3) is 0 Å². The molecular formula is C13H21N3O2. The van der Waals surface area contributed by atoms with E-state index in [1.54, 1.807) is 0 Å². The third kappa shape index (κ3) is 2.72. The standard InChI is InChI=1S/C13H21N3O2/c1-10-14-13(15-18-10)12-2-5-16(6-3-12)8-11-4-7-17-9-11/h11-12H,2-9H2,1H3/t11-/m1/s1. The molecule has 100 valence electrons. The predicted octanol–water partition coefficient (Wildman–Crippen LogP) is 1.59. The van der Waals surface area contributed by atoms with Crippen molar-refractivity contribution in [2.24, 2.45) is 5.92 Å². The van der Waals surface area contributed by atoms with E-state index in [-0.39, 0.29) is 0 Å². The van der Waals surface area contributed by atoms with Crippen LogP contribution in [-0.2, 0) is 4.74 Å². The lowest BCUT2D eigenvalue weighted by atomic mass is 9.95. The molecule has 0 radical (unpaired) electrons. The van der Waals surface area contributed by atoms with Gasteiger partial charge in [-0.2, -0.15) is 4.98 Å². The summed E-state index contributed by atoms with van der Waals surface area (Å²) < 4.78 is 10.5. The van der Waals surface area contributed by atoms with Gasteiger partial charge in [-0.05, 0) is 38.3 Å². The first-order chi connectivity index (χ1) is 8.81. The molecule has 0 aliphatic carbocycles. The number of likely N-dealkylation sites (tertiary alicyclic amines) is 1. The van der Waals surface area contributed by atoms with E-state index in [1.165, 1.54) is 13.0 Å². The molecule has 0 spiro atoms. The molecule has 0 unspecified atom stereocenters. The van der Waals surface area contributed by atoms with Crippen LogP contribution < -0.4 is 0 Å². The molecule has 2 saturated heterocycles. The second kappa shape index (κ2) is 5.36. The van der Waals surface area contributed by atoms with Crippen molar-refractivity contribution in [2.45, 2.75) is 32.1 Å². The number of piperidine rings is 1. The minimum absolute atomic E-state index is 0.485. The Kier molecular flexibility index (Phi) is 3.61. The van der Waals surface area contributed by atoms with Gasteiger partial charge < -0.3 is 14.2 Å². The lowest BCUT2D eigenvalue weighted by Gasteiger charge is -2.31. The first kappa shape index (κ1) is 12.1. The molecule has 2 fully saturated rings. The molecule has 1 aromatic heterocycles. The number of nitrogens with zero attached hydrogens (tertiary/aromatic N) is 3. The van der Waals surface area contributed by atoms with E-state index in [9.17, 15) is 0 Å². The summed E-state index contributed by atoms with van der Waals surface area (Å²) in [5, 5.41) is 4.04. The molecule has 5 nitrogen and oxygen atoms in total. The number of ether oxygens (including phenoxy) is 1. The van der Waals surface area contributed by atoms with E-state index in [2.05, 4.69) is 15.0 Å². The quantitative estimate of drug-likeness (QED) is 0.816. The summed E-state index contributed by atoms with van der Waals surface area (Å²) in [6.45, 7) is 7.24. The third-order valence-corrected chi connectivity index (χ3v) is 4.04. The van der Waals surface area contributed by atoms with Crippen LogP contribution in [0.2, 0.25) is 0 Å². The van der Waals surface area contributed by atoms with Crippen molar-refractivity contribution in [2.75, 3.05) is 32.8 Å². The maximum Gasteiger partial charge on any atom is 0.223 e. The number of hydrogen-bond donors (Lipinski definition) is 0. The second-order valence-corrected chi connectivity index (χ2v) is 5.48. The lowest BCUT2D eigenvalue weighted by Crippen LogP contribution is -2.36. The van der Waals surface area contributed by atoms with E-state index < -0.39 is 0 Å². The molecular weight excluding hydrogens is 230 g/mol. The maximum atomic E-state index is 5.43. The SMILES string of the molecule is Cc1nc(C2CCN(C[C@H]3CCOC3)CC2)no1. The van der Waals surface area contributed by atoms with Gasteiger partial charge in [-0.3, -0.25) is 0 Å². The minimum Gasteiger partial charge on any atom is -0.381 e. The average Bonchev–Trinajstić information content (AvgIpc) is 3.02. The van der Waals surface area contributed by atoms with E-state index in [1.807, 2.05) is 6.92 Å². The fourth-order valence-electron chi connectivity index (χ4n) is 2.95. The summed E-state index contributed by atoms with van der Waals surface area (Å²) >= 11 is 0. The lowest BCUT2D eigenvalue weighted by molar-refractivity contribution is 0.151. The molecule has 2 aliphatic heterocycles. The summed E-state index contributed by atoms with van der Waals surface area (Å²) in [6.07, 6.45) is 3.52. The Labute approximate surface area is 107 Å². The van der Waals surface area contributed by atoms with Crippen LogP contribution in [0.3, 0.4) is 0 Å². The smallest absolute Gasteiger partial charge is 0.223 e. The van der Waals surface area contributed by atoms with Crippen molar-refractivity contribution in [3.05, 3.63) is 11.7 Å². The Hall–Kier alpha value is -0.940. The number of hydrogen-bond acceptors (Lipinski definition) is 5. The molecule has 0 saturated carbocycles. The normalized spacial score (nSPS) is 26.8. The predicted molar refractivity (Wildman–Crippen MR) is 66.4 cm³/mol. The van der Waals surface area contributed by atoms with Gasteiger partial charge in [0.15, 0.2) is 5.82 Å². The number of rotatable bonds is 3. The number of aromatic nitrogens is 2. The first-order valence-corrected chi connectivity index (χ1v) is 6.91.